The van der Waals surface area contributed by atoms with Gasteiger partial charge in [-0.05, 0) is 149 Å². The largest absolute Gasteiger partial charge is 0.457 e. The van der Waals surface area contributed by atoms with Gasteiger partial charge < -0.3 is 9.47 Å². The third-order valence-corrected chi connectivity index (χ3v) is 7.92. The van der Waals surface area contributed by atoms with Crippen LogP contribution in [0.15, 0.2) is 60.7 Å². The summed E-state index contributed by atoms with van der Waals surface area (Å²) in [4.78, 5) is 0. The fraction of sp³-hybridized carbons (Fsp3) is 0.314. The van der Waals surface area contributed by atoms with Gasteiger partial charge >= 0.3 is 0 Å². The lowest BCUT2D eigenvalue weighted by Gasteiger charge is -2.23. The van der Waals surface area contributed by atoms with E-state index in [2.05, 4.69) is 69.2 Å². The highest BCUT2D eigenvalue weighted by atomic mass is 16.5. The first-order valence-corrected chi connectivity index (χ1v) is 13.2. The summed E-state index contributed by atoms with van der Waals surface area (Å²) in [7, 11) is 0. The number of rotatable bonds is 5. The summed E-state index contributed by atoms with van der Waals surface area (Å²) in [6.45, 7) is 22.0. The predicted octanol–water partition coefficient (Wildman–Crippen LogP) is 10.3. The minimum absolute atomic E-state index is 0.869. The van der Waals surface area contributed by atoms with Crippen molar-refractivity contribution >= 4 is 0 Å². The third kappa shape index (κ3) is 6.07. The van der Waals surface area contributed by atoms with Crippen LogP contribution in [0.3, 0.4) is 0 Å². The van der Waals surface area contributed by atoms with E-state index in [9.17, 15) is 0 Å². The van der Waals surface area contributed by atoms with Crippen LogP contribution in [0.1, 0.15) is 62.6 Å². The van der Waals surface area contributed by atoms with Gasteiger partial charge in [0.2, 0.25) is 0 Å². The van der Waals surface area contributed by atoms with E-state index in [-0.39, 0.29) is 0 Å². The van der Waals surface area contributed by atoms with Gasteiger partial charge in [-0.1, -0.05) is 43.3 Å². The summed E-state index contributed by atoms with van der Waals surface area (Å²) < 4.78 is 12.2. The second-order valence-electron chi connectivity index (χ2n) is 9.95. The fourth-order valence-corrected chi connectivity index (χ4v) is 4.87. The molecule has 4 rings (SSSR count). The first kappa shape index (κ1) is 28.1. The van der Waals surface area contributed by atoms with Crippen molar-refractivity contribution in [1.29, 1.82) is 0 Å². The van der Waals surface area contributed by atoms with Crippen molar-refractivity contribution < 1.29 is 9.47 Å². The van der Waals surface area contributed by atoms with Crippen LogP contribution in [0.4, 0.5) is 0 Å². The molecule has 0 unspecified atom stereocenters. The van der Waals surface area contributed by atoms with E-state index >= 15 is 0 Å². The summed E-state index contributed by atoms with van der Waals surface area (Å²) in [5.74, 6) is 3.81. The molecule has 0 atom stereocenters. The topological polar surface area (TPSA) is 18.5 Å². The van der Waals surface area contributed by atoms with Gasteiger partial charge in [-0.3, -0.25) is 0 Å². The molecule has 0 saturated heterocycles. The van der Waals surface area contributed by atoms with Crippen molar-refractivity contribution in [1.82, 2.24) is 0 Å². The number of para-hydroxylation sites is 2. The van der Waals surface area contributed by atoms with Crippen LogP contribution in [0.5, 0.6) is 23.0 Å². The van der Waals surface area contributed by atoms with Gasteiger partial charge in [0.1, 0.15) is 23.0 Å². The van der Waals surface area contributed by atoms with Crippen molar-refractivity contribution in [2.75, 3.05) is 0 Å². The van der Waals surface area contributed by atoms with Gasteiger partial charge in [-0.25, -0.2) is 0 Å². The van der Waals surface area contributed by atoms with Crippen LogP contribution in [-0.2, 0) is 6.42 Å². The van der Waals surface area contributed by atoms with E-state index < -0.39 is 0 Å². The average molecular weight is 495 g/mol. The van der Waals surface area contributed by atoms with Crippen molar-refractivity contribution in [2.24, 2.45) is 0 Å². The summed E-state index contributed by atoms with van der Waals surface area (Å²) in [6, 6.07) is 19.5. The lowest BCUT2D eigenvalue weighted by molar-refractivity contribution is 0.465. The van der Waals surface area contributed by atoms with E-state index in [1.165, 1.54) is 55.6 Å². The molecule has 0 aliphatic carbocycles. The Morgan fingerprint density at radius 1 is 0.405 bits per heavy atom. The van der Waals surface area contributed by atoms with Crippen molar-refractivity contribution in [3.63, 3.8) is 0 Å². The molecule has 0 saturated carbocycles. The Morgan fingerprint density at radius 2 is 0.730 bits per heavy atom. The predicted molar refractivity (Wildman–Crippen MR) is 158 cm³/mol. The van der Waals surface area contributed by atoms with E-state index in [0.29, 0.717) is 0 Å². The third-order valence-electron chi connectivity index (χ3n) is 7.92. The molecule has 0 radical (unpaired) electrons. The number of benzene rings is 4. The molecule has 4 aromatic rings. The maximum Gasteiger partial charge on any atom is 0.133 e. The zero-order valence-corrected chi connectivity index (χ0v) is 24.3. The molecule has 0 heterocycles. The van der Waals surface area contributed by atoms with Crippen LogP contribution in [0, 0.1) is 62.3 Å². The van der Waals surface area contributed by atoms with Gasteiger partial charge in [0, 0.05) is 0 Å². The highest BCUT2D eigenvalue weighted by Gasteiger charge is 2.19. The molecule has 0 aromatic heterocycles. The van der Waals surface area contributed by atoms with Crippen molar-refractivity contribution in [3.8, 4) is 23.0 Å². The standard InChI is InChI=1S/C23H32O.C12H10O/c1-11-21-15(5)19(9)23(20(10)16(21)6)24-22-17(7)13(3)12(2)14(4)18(22)8;1-3-7-11(8-4-1)13-12-9-5-2-6-10-12/h11H2,1-10H3;1-10H. The Balaban J connectivity index is 0.000000244. The van der Waals surface area contributed by atoms with Crippen molar-refractivity contribution in [3.05, 3.63) is 116 Å². The molecule has 0 N–H and O–H groups in total. The summed E-state index contributed by atoms with van der Waals surface area (Å²) >= 11 is 0. The van der Waals surface area contributed by atoms with Gasteiger partial charge in [0.05, 0.1) is 0 Å². The molecule has 2 nitrogen and oxygen atoms in total. The lowest BCUT2D eigenvalue weighted by Crippen LogP contribution is -2.05. The maximum absolute atomic E-state index is 6.58. The van der Waals surface area contributed by atoms with Gasteiger partial charge in [0.25, 0.3) is 0 Å². The Bertz CT molecular complexity index is 1270. The summed E-state index contributed by atoms with van der Waals surface area (Å²) in [6.07, 6.45) is 1.07. The molecule has 194 valence electrons. The molecule has 0 aliphatic rings. The zero-order chi connectivity index (χ0) is 27.3. The normalized spacial score (nSPS) is 10.5. The molecular weight excluding hydrogens is 452 g/mol. The van der Waals surface area contributed by atoms with E-state index in [1.54, 1.807) is 0 Å². The minimum atomic E-state index is 0.869. The lowest BCUT2D eigenvalue weighted by atomic mass is 9.91. The van der Waals surface area contributed by atoms with E-state index in [0.717, 1.165) is 29.4 Å². The molecule has 4 aromatic carbocycles. The van der Waals surface area contributed by atoms with Gasteiger partial charge in [-0.2, -0.15) is 0 Å². The number of ether oxygens (including phenoxy) is 2. The molecule has 0 bridgehead atoms. The molecule has 0 spiro atoms. The van der Waals surface area contributed by atoms with Crippen LogP contribution in [-0.4, -0.2) is 0 Å². The Kier molecular flexibility index (Phi) is 9.21. The van der Waals surface area contributed by atoms with Crippen LogP contribution in [0.2, 0.25) is 0 Å². The van der Waals surface area contributed by atoms with E-state index in [4.69, 9.17) is 9.47 Å². The Morgan fingerprint density at radius 3 is 1.08 bits per heavy atom. The average Bonchev–Trinajstić information content (AvgIpc) is 2.91. The molecule has 0 amide bonds. The molecular formula is C35H42O2. The molecule has 0 fully saturated rings. The van der Waals surface area contributed by atoms with E-state index in [1.807, 2.05) is 60.7 Å². The Hall–Kier alpha value is -3.52. The summed E-state index contributed by atoms with van der Waals surface area (Å²) in [5.41, 5.74) is 13.3. The van der Waals surface area contributed by atoms with Crippen LogP contribution < -0.4 is 9.47 Å². The van der Waals surface area contributed by atoms with Crippen LogP contribution >= 0.6 is 0 Å². The second-order valence-corrected chi connectivity index (χ2v) is 9.95. The quantitative estimate of drug-likeness (QED) is 0.275. The Labute approximate surface area is 224 Å². The molecule has 37 heavy (non-hydrogen) atoms. The molecule has 2 heteroatoms. The molecule has 0 aliphatic heterocycles. The smallest absolute Gasteiger partial charge is 0.133 e. The van der Waals surface area contributed by atoms with Crippen molar-refractivity contribution in [2.45, 2.75) is 75.7 Å². The van der Waals surface area contributed by atoms with Gasteiger partial charge in [-0.15, -0.1) is 0 Å². The van der Waals surface area contributed by atoms with Gasteiger partial charge in [0.15, 0.2) is 0 Å². The first-order chi connectivity index (χ1) is 17.6. The maximum atomic E-state index is 6.58. The highest BCUT2D eigenvalue weighted by molar-refractivity contribution is 5.59. The fourth-order valence-electron chi connectivity index (χ4n) is 4.87. The zero-order valence-electron chi connectivity index (χ0n) is 24.3. The summed E-state index contributed by atoms with van der Waals surface area (Å²) in [5, 5.41) is 0. The number of hydrogen-bond donors (Lipinski definition) is 0. The number of hydrogen-bond acceptors (Lipinski definition) is 2. The second kappa shape index (κ2) is 12.1. The van der Waals surface area contributed by atoms with Crippen LogP contribution in [0.25, 0.3) is 0 Å². The SMILES string of the molecule is CCc1c(C)c(C)c(Oc2c(C)c(C)c(C)c(C)c2C)c(C)c1C.c1ccc(Oc2ccccc2)cc1. The first-order valence-electron chi connectivity index (χ1n) is 13.2. The minimum Gasteiger partial charge on any atom is -0.457 e. The monoisotopic (exact) mass is 494 g/mol. The highest BCUT2D eigenvalue weighted by Crippen LogP contribution is 2.40.